The molecule has 0 aliphatic carbocycles. The molecule has 0 aliphatic heterocycles. The first kappa shape index (κ1) is 22.8. The summed E-state index contributed by atoms with van der Waals surface area (Å²) in [6, 6.07) is 12.2. The van der Waals surface area contributed by atoms with Crippen molar-refractivity contribution in [3.05, 3.63) is 59.7 Å². The van der Waals surface area contributed by atoms with Crippen LogP contribution >= 0.6 is 0 Å². The van der Waals surface area contributed by atoms with Crippen molar-refractivity contribution in [3.8, 4) is 0 Å². The van der Waals surface area contributed by atoms with Gasteiger partial charge in [0.05, 0.1) is 9.79 Å². The topological polar surface area (TPSA) is 114 Å². The Bertz CT molecular complexity index is 787. The number of hydrogen-bond donors (Lipinski definition) is 0. The van der Waals surface area contributed by atoms with E-state index in [9.17, 15) is 25.9 Å². The molecule has 0 saturated carbocycles. The Balaban J connectivity index is 0.000000403. The summed E-state index contributed by atoms with van der Waals surface area (Å²) in [6.07, 6.45) is 0. The van der Waals surface area contributed by atoms with E-state index in [2.05, 4.69) is 0 Å². The van der Waals surface area contributed by atoms with Crippen molar-refractivity contribution in [2.75, 3.05) is 0 Å². The van der Waals surface area contributed by atoms with Crippen LogP contribution in [-0.2, 0) is 20.2 Å². The van der Waals surface area contributed by atoms with Crippen LogP contribution in [0.1, 0.15) is 11.1 Å². The molecule has 2 aromatic carbocycles. The van der Waals surface area contributed by atoms with Crippen LogP contribution in [0.2, 0.25) is 0 Å². The average Bonchev–Trinajstić information content (AvgIpc) is 2.37. The summed E-state index contributed by atoms with van der Waals surface area (Å²) in [5.74, 6) is 0. The second kappa shape index (κ2) is 9.35. The summed E-state index contributed by atoms with van der Waals surface area (Å²) in [7, 11) is -8.57. The number of hydrogen-bond acceptors (Lipinski definition) is 6. The second-order valence-electron chi connectivity index (χ2n) is 4.44. The quantitative estimate of drug-likeness (QED) is 0.475. The summed E-state index contributed by atoms with van der Waals surface area (Å²) in [6.45, 7) is 3.18. The molecule has 0 aromatic heterocycles. The Kier molecular flexibility index (Phi) is 9.28. The zero-order chi connectivity index (χ0) is 17.0. The Morgan fingerprint density at radius 2 is 0.913 bits per heavy atom. The third-order valence-corrected chi connectivity index (χ3v) is 4.72. The van der Waals surface area contributed by atoms with Gasteiger partial charge in [-0.25, -0.2) is 16.8 Å². The molecule has 0 aliphatic rings. The molecule has 6 nitrogen and oxygen atoms in total. The van der Waals surface area contributed by atoms with Gasteiger partial charge in [0.2, 0.25) is 0 Å². The van der Waals surface area contributed by atoms with E-state index in [0.29, 0.717) is 11.1 Å². The normalized spacial score (nSPS) is 11.0. The van der Waals surface area contributed by atoms with Gasteiger partial charge >= 0.3 is 48.9 Å². The molecule has 0 N–H and O–H groups in total. The van der Waals surface area contributed by atoms with Gasteiger partial charge in [-0.15, -0.1) is 0 Å². The molecule has 0 radical (unpaired) electrons. The molecule has 0 fully saturated rings. The fourth-order valence-corrected chi connectivity index (χ4v) is 3.09. The fourth-order valence-electron chi connectivity index (χ4n) is 1.67. The predicted molar refractivity (Wildman–Crippen MR) is 84.0 cm³/mol. The van der Waals surface area contributed by atoms with Crippen LogP contribution in [0.25, 0.3) is 0 Å². The number of benzene rings is 2. The van der Waals surface area contributed by atoms with Gasteiger partial charge in [0.15, 0.2) is 0 Å². The summed E-state index contributed by atoms with van der Waals surface area (Å²) in [5.41, 5.74) is 0.977. The summed E-state index contributed by atoms with van der Waals surface area (Å²) >= 11 is 0. The van der Waals surface area contributed by atoms with E-state index in [1.54, 1.807) is 38.1 Å². The molecule has 0 saturated heterocycles. The van der Waals surface area contributed by atoms with Gasteiger partial charge in [0.25, 0.3) is 0 Å². The van der Waals surface area contributed by atoms with Crippen molar-refractivity contribution in [1.82, 2.24) is 0 Å². The molecule has 9 heteroatoms. The molecular formula is C14H14BaO6S2. The maximum Gasteiger partial charge on any atom is 2.00 e. The van der Waals surface area contributed by atoms with Crippen molar-refractivity contribution in [2.45, 2.75) is 23.6 Å². The van der Waals surface area contributed by atoms with Crippen molar-refractivity contribution in [3.63, 3.8) is 0 Å². The average molecular weight is 480 g/mol. The summed E-state index contributed by atoms with van der Waals surface area (Å²) in [5, 5.41) is 0. The van der Waals surface area contributed by atoms with Crippen molar-refractivity contribution in [2.24, 2.45) is 0 Å². The molecule has 0 amide bonds. The van der Waals surface area contributed by atoms with Crippen LogP contribution in [0.15, 0.2) is 58.3 Å². The van der Waals surface area contributed by atoms with Crippen LogP contribution in [-0.4, -0.2) is 74.8 Å². The van der Waals surface area contributed by atoms with Gasteiger partial charge in [0, 0.05) is 0 Å². The summed E-state index contributed by atoms with van der Waals surface area (Å²) < 4.78 is 63.0. The smallest absolute Gasteiger partial charge is 0.744 e. The third-order valence-electron chi connectivity index (χ3n) is 2.73. The molecule has 0 atom stereocenters. The largest absolute Gasteiger partial charge is 2.00 e. The maximum atomic E-state index is 10.5. The zero-order valence-electron chi connectivity index (χ0n) is 12.6. The molecule has 2 rings (SSSR count). The van der Waals surface area contributed by atoms with Crippen molar-refractivity contribution in [1.29, 1.82) is 0 Å². The van der Waals surface area contributed by atoms with Crippen LogP contribution in [0.4, 0.5) is 0 Å². The van der Waals surface area contributed by atoms with E-state index in [1.807, 2.05) is 0 Å². The zero-order valence-corrected chi connectivity index (χ0v) is 18.7. The van der Waals surface area contributed by atoms with Crippen LogP contribution in [0, 0.1) is 13.8 Å². The molecule has 0 bridgehead atoms. The van der Waals surface area contributed by atoms with E-state index in [1.165, 1.54) is 24.3 Å². The SMILES string of the molecule is Cc1ccccc1S(=O)(=O)[O-].Cc1ccccc1S(=O)(=O)[O-].[Ba+2]. The van der Waals surface area contributed by atoms with Crippen molar-refractivity contribution < 1.29 is 25.9 Å². The van der Waals surface area contributed by atoms with E-state index < -0.39 is 20.2 Å². The van der Waals surface area contributed by atoms with Gasteiger partial charge in [-0.2, -0.15) is 0 Å². The van der Waals surface area contributed by atoms with Crippen LogP contribution in [0.3, 0.4) is 0 Å². The molecule has 120 valence electrons. The third kappa shape index (κ3) is 7.50. The minimum atomic E-state index is -4.28. The Morgan fingerprint density at radius 1 is 0.652 bits per heavy atom. The molecule has 0 spiro atoms. The van der Waals surface area contributed by atoms with Gasteiger partial charge < -0.3 is 9.11 Å². The Morgan fingerprint density at radius 3 is 1.09 bits per heavy atom. The van der Waals surface area contributed by atoms with Gasteiger partial charge in [-0.05, 0) is 37.1 Å². The predicted octanol–water partition coefficient (Wildman–Crippen LogP) is 1.42. The van der Waals surface area contributed by atoms with Crippen molar-refractivity contribution >= 4 is 69.1 Å². The first-order valence-corrected chi connectivity index (χ1v) is 8.88. The number of aryl methyl sites for hydroxylation is 2. The fraction of sp³-hybridized carbons (Fsp3) is 0.143. The van der Waals surface area contributed by atoms with Gasteiger partial charge in [0.1, 0.15) is 20.2 Å². The van der Waals surface area contributed by atoms with E-state index in [-0.39, 0.29) is 58.7 Å². The Hall–Kier alpha value is -0.169. The minimum absolute atomic E-state index is 0. The molecule has 0 heterocycles. The van der Waals surface area contributed by atoms with E-state index in [0.717, 1.165) is 0 Å². The molecule has 2 aromatic rings. The summed E-state index contributed by atoms with van der Waals surface area (Å²) in [4.78, 5) is -0.278. The monoisotopic (exact) mass is 480 g/mol. The molecule has 23 heavy (non-hydrogen) atoms. The Labute approximate surface area is 176 Å². The van der Waals surface area contributed by atoms with Crippen LogP contribution in [0.5, 0.6) is 0 Å². The number of rotatable bonds is 2. The van der Waals surface area contributed by atoms with Gasteiger partial charge in [-0.1, -0.05) is 36.4 Å². The molecule has 0 unspecified atom stereocenters. The van der Waals surface area contributed by atoms with Gasteiger partial charge in [-0.3, -0.25) is 0 Å². The molecular weight excluding hydrogens is 466 g/mol. The maximum absolute atomic E-state index is 10.5. The van der Waals surface area contributed by atoms with E-state index >= 15 is 0 Å². The first-order valence-electron chi connectivity index (χ1n) is 6.06. The standard InChI is InChI=1S/2C7H8O3S.Ba/c2*1-6-4-2-3-5-7(6)11(8,9)10;/h2*2-5H,1H3,(H,8,9,10);/q;;+2/p-2. The first-order chi connectivity index (χ1) is 10.0. The minimum Gasteiger partial charge on any atom is -0.744 e. The van der Waals surface area contributed by atoms with Crippen LogP contribution < -0.4 is 0 Å². The van der Waals surface area contributed by atoms with E-state index in [4.69, 9.17) is 0 Å². The second-order valence-corrected chi connectivity index (χ2v) is 7.14.